The van der Waals surface area contributed by atoms with Gasteiger partial charge in [0.15, 0.2) is 0 Å². The summed E-state index contributed by atoms with van der Waals surface area (Å²) in [7, 11) is 0. The second-order valence-corrected chi connectivity index (χ2v) is 3.88. The molecule has 2 aromatic rings. The quantitative estimate of drug-likeness (QED) is 0.846. The van der Waals surface area contributed by atoms with Crippen molar-refractivity contribution in [3.05, 3.63) is 53.6 Å². The third kappa shape index (κ3) is 2.31. The Hall–Kier alpha value is -1.61. The zero-order chi connectivity index (χ0) is 11.4. The standard InChI is InChI=1S/C13H16N2O/c1-11-13(5-9-16)4-8-15(11)10-12-2-6-14-7-3-12/h2-4,6-8,16H,5,9-10H2,1H3. The molecule has 0 radical (unpaired) electrons. The van der Waals surface area contributed by atoms with E-state index < -0.39 is 0 Å². The van der Waals surface area contributed by atoms with Crippen molar-refractivity contribution in [3.63, 3.8) is 0 Å². The van der Waals surface area contributed by atoms with Crippen LogP contribution < -0.4 is 0 Å². The zero-order valence-corrected chi connectivity index (χ0v) is 9.43. The number of aliphatic hydroxyl groups excluding tert-OH is 1. The fourth-order valence-electron chi connectivity index (χ4n) is 1.84. The number of hydrogen-bond donors (Lipinski definition) is 1. The van der Waals surface area contributed by atoms with Crippen LogP contribution in [-0.4, -0.2) is 21.3 Å². The first-order valence-corrected chi connectivity index (χ1v) is 5.45. The molecule has 2 heterocycles. The predicted octanol–water partition coefficient (Wildman–Crippen LogP) is 1.77. The molecule has 0 saturated carbocycles. The maximum absolute atomic E-state index is 8.93. The maximum Gasteiger partial charge on any atom is 0.0473 e. The van der Waals surface area contributed by atoms with Crippen LogP contribution in [0.5, 0.6) is 0 Å². The molecule has 0 bridgehead atoms. The van der Waals surface area contributed by atoms with E-state index in [9.17, 15) is 0 Å². The van der Waals surface area contributed by atoms with Crippen molar-refractivity contribution in [2.75, 3.05) is 6.61 Å². The Labute approximate surface area is 95.4 Å². The summed E-state index contributed by atoms with van der Waals surface area (Å²) in [5.41, 5.74) is 3.69. The highest BCUT2D eigenvalue weighted by molar-refractivity contribution is 5.23. The molecule has 0 atom stereocenters. The lowest BCUT2D eigenvalue weighted by atomic mass is 10.2. The Morgan fingerprint density at radius 2 is 2.00 bits per heavy atom. The van der Waals surface area contributed by atoms with Crippen LogP contribution >= 0.6 is 0 Å². The molecule has 3 heteroatoms. The van der Waals surface area contributed by atoms with Crippen LogP contribution in [0, 0.1) is 6.92 Å². The first-order valence-electron chi connectivity index (χ1n) is 5.45. The van der Waals surface area contributed by atoms with E-state index in [0.29, 0.717) is 0 Å². The number of nitrogens with zero attached hydrogens (tertiary/aromatic N) is 2. The second kappa shape index (κ2) is 4.94. The van der Waals surface area contributed by atoms with E-state index >= 15 is 0 Å². The molecule has 2 aromatic heterocycles. The van der Waals surface area contributed by atoms with Gasteiger partial charge in [0.05, 0.1) is 0 Å². The largest absolute Gasteiger partial charge is 0.396 e. The van der Waals surface area contributed by atoms with Gasteiger partial charge in [-0.25, -0.2) is 0 Å². The Morgan fingerprint density at radius 1 is 1.25 bits per heavy atom. The first kappa shape index (κ1) is 10.9. The van der Waals surface area contributed by atoms with Crippen molar-refractivity contribution in [3.8, 4) is 0 Å². The third-order valence-electron chi connectivity index (χ3n) is 2.83. The summed E-state index contributed by atoms with van der Waals surface area (Å²) in [6.07, 6.45) is 6.42. The molecule has 0 aliphatic rings. The smallest absolute Gasteiger partial charge is 0.0473 e. The van der Waals surface area contributed by atoms with Gasteiger partial charge in [0.2, 0.25) is 0 Å². The summed E-state index contributed by atoms with van der Waals surface area (Å²) < 4.78 is 2.19. The van der Waals surface area contributed by atoms with E-state index in [1.165, 1.54) is 16.8 Å². The molecule has 16 heavy (non-hydrogen) atoms. The van der Waals surface area contributed by atoms with Crippen molar-refractivity contribution in [1.82, 2.24) is 9.55 Å². The van der Waals surface area contributed by atoms with Gasteiger partial charge in [0.25, 0.3) is 0 Å². The third-order valence-corrected chi connectivity index (χ3v) is 2.83. The Bertz CT molecular complexity index is 448. The van der Waals surface area contributed by atoms with Gasteiger partial charge in [-0.15, -0.1) is 0 Å². The summed E-state index contributed by atoms with van der Waals surface area (Å²) in [4.78, 5) is 4.00. The average molecular weight is 216 g/mol. The Kier molecular flexibility index (Phi) is 3.37. The van der Waals surface area contributed by atoms with Crippen LogP contribution in [0.1, 0.15) is 16.8 Å². The van der Waals surface area contributed by atoms with Crippen molar-refractivity contribution in [1.29, 1.82) is 0 Å². The minimum absolute atomic E-state index is 0.208. The molecule has 0 spiro atoms. The first-order chi connectivity index (χ1) is 7.81. The van der Waals surface area contributed by atoms with Crippen LogP contribution in [0.3, 0.4) is 0 Å². The van der Waals surface area contributed by atoms with E-state index in [0.717, 1.165) is 13.0 Å². The zero-order valence-electron chi connectivity index (χ0n) is 9.43. The van der Waals surface area contributed by atoms with Gasteiger partial charge in [-0.2, -0.15) is 0 Å². The van der Waals surface area contributed by atoms with Crippen LogP contribution in [0.2, 0.25) is 0 Å². The summed E-state index contributed by atoms with van der Waals surface area (Å²) in [5.74, 6) is 0. The average Bonchev–Trinajstić information content (AvgIpc) is 2.64. The molecular weight excluding hydrogens is 200 g/mol. The van der Waals surface area contributed by atoms with Gasteiger partial charge in [0, 0.05) is 37.4 Å². The minimum Gasteiger partial charge on any atom is -0.396 e. The summed E-state index contributed by atoms with van der Waals surface area (Å²) in [5, 5.41) is 8.93. The SMILES string of the molecule is Cc1c(CCO)ccn1Cc1ccncc1. The molecule has 84 valence electrons. The molecule has 0 amide bonds. The number of hydrogen-bond acceptors (Lipinski definition) is 2. The van der Waals surface area contributed by atoms with Crippen molar-refractivity contribution < 1.29 is 5.11 Å². The Morgan fingerprint density at radius 3 is 2.69 bits per heavy atom. The molecule has 0 aliphatic heterocycles. The number of rotatable bonds is 4. The van der Waals surface area contributed by atoms with E-state index in [-0.39, 0.29) is 6.61 Å². The highest BCUT2D eigenvalue weighted by atomic mass is 16.2. The molecule has 0 unspecified atom stereocenters. The summed E-state index contributed by atoms with van der Waals surface area (Å²) in [6, 6.07) is 6.11. The van der Waals surface area contributed by atoms with Gasteiger partial charge in [-0.05, 0) is 42.7 Å². The van der Waals surface area contributed by atoms with Crippen LogP contribution in [0.15, 0.2) is 36.8 Å². The summed E-state index contributed by atoms with van der Waals surface area (Å²) >= 11 is 0. The van der Waals surface area contributed by atoms with Gasteiger partial charge < -0.3 is 9.67 Å². The van der Waals surface area contributed by atoms with Crippen LogP contribution in [-0.2, 0) is 13.0 Å². The maximum atomic E-state index is 8.93. The molecule has 0 saturated heterocycles. The Balaban J connectivity index is 2.16. The van der Waals surface area contributed by atoms with E-state index in [4.69, 9.17) is 5.11 Å². The molecule has 2 rings (SSSR count). The van der Waals surface area contributed by atoms with E-state index in [1.54, 1.807) is 0 Å². The van der Waals surface area contributed by atoms with E-state index in [2.05, 4.69) is 28.7 Å². The van der Waals surface area contributed by atoms with E-state index in [1.807, 2.05) is 24.5 Å². The number of pyridine rings is 1. The second-order valence-electron chi connectivity index (χ2n) is 3.88. The molecule has 0 aliphatic carbocycles. The highest BCUT2D eigenvalue weighted by Gasteiger charge is 2.04. The predicted molar refractivity (Wildman–Crippen MR) is 63.3 cm³/mol. The number of aromatic nitrogens is 2. The van der Waals surface area contributed by atoms with Gasteiger partial charge in [-0.1, -0.05) is 0 Å². The number of aliphatic hydroxyl groups is 1. The van der Waals surface area contributed by atoms with Gasteiger partial charge in [-0.3, -0.25) is 4.98 Å². The lowest BCUT2D eigenvalue weighted by Gasteiger charge is -2.07. The van der Waals surface area contributed by atoms with Crippen LogP contribution in [0.4, 0.5) is 0 Å². The normalized spacial score (nSPS) is 10.6. The lowest BCUT2D eigenvalue weighted by molar-refractivity contribution is 0.299. The topological polar surface area (TPSA) is 38.0 Å². The van der Waals surface area contributed by atoms with Crippen molar-refractivity contribution in [2.24, 2.45) is 0 Å². The van der Waals surface area contributed by atoms with Gasteiger partial charge in [0.1, 0.15) is 0 Å². The fraction of sp³-hybridized carbons (Fsp3) is 0.308. The van der Waals surface area contributed by atoms with Crippen molar-refractivity contribution in [2.45, 2.75) is 19.9 Å². The summed E-state index contributed by atoms with van der Waals surface area (Å²) in [6.45, 7) is 3.16. The fourth-order valence-corrected chi connectivity index (χ4v) is 1.84. The minimum atomic E-state index is 0.208. The van der Waals surface area contributed by atoms with Crippen LogP contribution in [0.25, 0.3) is 0 Å². The van der Waals surface area contributed by atoms with Gasteiger partial charge >= 0.3 is 0 Å². The van der Waals surface area contributed by atoms with Crippen molar-refractivity contribution >= 4 is 0 Å². The molecular formula is C13H16N2O. The molecule has 0 fully saturated rings. The lowest BCUT2D eigenvalue weighted by Crippen LogP contribution is -2.02. The highest BCUT2D eigenvalue weighted by Crippen LogP contribution is 2.12. The monoisotopic (exact) mass is 216 g/mol. The molecule has 3 nitrogen and oxygen atoms in total. The molecule has 1 N–H and O–H groups in total. The molecule has 0 aromatic carbocycles.